The van der Waals surface area contributed by atoms with E-state index < -0.39 is 0 Å². The van der Waals surface area contributed by atoms with E-state index >= 15 is 0 Å². The molecule has 3 aromatic rings. The molecule has 4 N–H and O–H groups in total. The molecule has 0 radical (unpaired) electrons. The first kappa shape index (κ1) is 13.9. The predicted molar refractivity (Wildman–Crippen MR) is 87.5 cm³/mol. The molecule has 0 saturated carbocycles. The maximum Gasteiger partial charge on any atom is 0.323 e. The summed E-state index contributed by atoms with van der Waals surface area (Å²) in [5.74, 6) is 0. The number of rotatable bonds is 2. The van der Waals surface area contributed by atoms with Crippen LogP contribution >= 0.6 is 0 Å². The summed E-state index contributed by atoms with van der Waals surface area (Å²) in [6.45, 7) is 3.83. The summed E-state index contributed by atoms with van der Waals surface area (Å²) < 4.78 is 0. The number of hydrogen-bond acceptors (Lipinski definition) is 2. The van der Waals surface area contributed by atoms with E-state index in [0.717, 1.165) is 16.8 Å². The first-order chi connectivity index (χ1) is 10.5. The third kappa shape index (κ3) is 2.85. The van der Waals surface area contributed by atoms with Gasteiger partial charge in [0, 0.05) is 11.4 Å². The largest absolute Gasteiger partial charge is 0.323 e. The van der Waals surface area contributed by atoms with Gasteiger partial charge in [-0.1, -0.05) is 12.1 Å². The number of carbonyl (C=O) groups is 1. The van der Waals surface area contributed by atoms with Gasteiger partial charge in [-0.05, 0) is 49.2 Å². The first-order valence-corrected chi connectivity index (χ1v) is 6.88. The quantitative estimate of drug-likeness (QED) is 0.585. The molecule has 0 fully saturated rings. The molecule has 0 saturated heterocycles. The number of fused-ring (bicyclic) bond motifs is 1. The molecule has 1 aromatic heterocycles. The lowest BCUT2D eigenvalue weighted by Crippen LogP contribution is -2.20. The van der Waals surface area contributed by atoms with E-state index in [9.17, 15) is 9.59 Å². The van der Waals surface area contributed by atoms with Gasteiger partial charge in [-0.25, -0.2) is 9.59 Å². The van der Waals surface area contributed by atoms with Crippen molar-refractivity contribution in [3.63, 3.8) is 0 Å². The highest BCUT2D eigenvalue weighted by Crippen LogP contribution is 2.20. The zero-order valence-electron chi connectivity index (χ0n) is 12.3. The highest BCUT2D eigenvalue weighted by atomic mass is 16.2. The zero-order valence-corrected chi connectivity index (χ0v) is 12.3. The van der Waals surface area contributed by atoms with Crippen molar-refractivity contribution >= 4 is 28.4 Å². The highest BCUT2D eigenvalue weighted by Gasteiger charge is 2.08. The SMILES string of the molecule is Cc1cccc(NC(=O)Nc2cc3[nH]c(=O)[nH]c3cc2C)c1. The van der Waals surface area contributed by atoms with Crippen molar-refractivity contribution in [1.82, 2.24) is 9.97 Å². The second kappa shape index (κ2) is 5.40. The Morgan fingerprint density at radius 3 is 2.45 bits per heavy atom. The standard InChI is InChI=1S/C16H16N4O2/c1-9-4-3-5-11(6-9)17-15(21)18-12-8-14-13(7-10(12)2)19-16(22)20-14/h3-8H,1-2H3,(H2,17,18,21)(H2,19,20,22). The molecule has 0 aliphatic carbocycles. The molecule has 3 rings (SSSR count). The number of imidazole rings is 1. The maximum absolute atomic E-state index is 12.1. The number of urea groups is 1. The molecule has 2 amide bonds. The number of H-pyrrole nitrogens is 2. The molecule has 112 valence electrons. The number of hydrogen-bond donors (Lipinski definition) is 4. The third-order valence-corrected chi connectivity index (χ3v) is 3.39. The summed E-state index contributed by atoms with van der Waals surface area (Å²) in [6, 6.07) is 10.8. The summed E-state index contributed by atoms with van der Waals surface area (Å²) in [5.41, 5.74) is 4.41. The summed E-state index contributed by atoms with van der Waals surface area (Å²) in [7, 11) is 0. The minimum atomic E-state index is -0.328. The highest BCUT2D eigenvalue weighted by molar-refractivity contribution is 6.01. The van der Waals surface area contributed by atoms with Crippen molar-refractivity contribution in [2.24, 2.45) is 0 Å². The molecular weight excluding hydrogens is 280 g/mol. The van der Waals surface area contributed by atoms with Gasteiger partial charge in [0.15, 0.2) is 0 Å². The Kier molecular flexibility index (Phi) is 3.42. The minimum absolute atomic E-state index is 0.268. The topological polar surface area (TPSA) is 89.8 Å². The third-order valence-electron chi connectivity index (χ3n) is 3.39. The Hall–Kier alpha value is -3.02. The first-order valence-electron chi connectivity index (χ1n) is 6.88. The predicted octanol–water partition coefficient (Wildman–Crippen LogP) is 3.12. The van der Waals surface area contributed by atoms with Crippen LogP contribution in [0.25, 0.3) is 11.0 Å². The molecule has 22 heavy (non-hydrogen) atoms. The molecule has 0 aliphatic heterocycles. The van der Waals surface area contributed by atoms with E-state index in [1.807, 2.05) is 44.2 Å². The van der Waals surface area contributed by atoms with Crippen LogP contribution < -0.4 is 16.3 Å². The number of amides is 2. The van der Waals surface area contributed by atoms with Gasteiger partial charge < -0.3 is 20.6 Å². The fraction of sp³-hybridized carbons (Fsp3) is 0.125. The van der Waals surface area contributed by atoms with Gasteiger partial charge in [-0.2, -0.15) is 0 Å². The van der Waals surface area contributed by atoms with Gasteiger partial charge in [0.2, 0.25) is 0 Å². The van der Waals surface area contributed by atoms with Gasteiger partial charge >= 0.3 is 11.7 Å². The second-order valence-corrected chi connectivity index (χ2v) is 5.24. The number of aryl methyl sites for hydroxylation is 2. The van der Waals surface area contributed by atoms with Crippen molar-refractivity contribution in [2.45, 2.75) is 13.8 Å². The molecule has 6 heteroatoms. The van der Waals surface area contributed by atoms with E-state index in [-0.39, 0.29) is 11.7 Å². The molecule has 6 nitrogen and oxygen atoms in total. The Morgan fingerprint density at radius 2 is 1.73 bits per heavy atom. The monoisotopic (exact) mass is 296 g/mol. The Bertz CT molecular complexity index is 908. The van der Waals surface area contributed by atoms with Crippen molar-refractivity contribution in [3.05, 3.63) is 58.0 Å². The smallest absolute Gasteiger partial charge is 0.308 e. The summed E-state index contributed by atoms with van der Waals surface area (Å²) in [4.78, 5) is 28.7. The molecule has 0 spiro atoms. The molecule has 0 atom stereocenters. The lowest BCUT2D eigenvalue weighted by atomic mass is 10.2. The van der Waals surface area contributed by atoms with Crippen LogP contribution in [-0.4, -0.2) is 16.0 Å². The van der Waals surface area contributed by atoms with Gasteiger partial charge in [-0.15, -0.1) is 0 Å². The maximum atomic E-state index is 12.1. The van der Waals surface area contributed by atoms with Gasteiger partial charge in [0.25, 0.3) is 0 Å². The zero-order chi connectivity index (χ0) is 15.7. The van der Waals surface area contributed by atoms with Crippen LogP contribution in [0.4, 0.5) is 16.2 Å². The van der Waals surface area contributed by atoms with Crippen LogP contribution in [0.5, 0.6) is 0 Å². The fourth-order valence-corrected chi connectivity index (χ4v) is 2.33. The van der Waals surface area contributed by atoms with Crippen LogP contribution in [-0.2, 0) is 0 Å². The normalized spacial score (nSPS) is 10.6. The summed E-state index contributed by atoms with van der Waals surface area (Å²) >= 11 is 0. The van der Waals surface area contributed by atoms with Crippen molar-refractivity contribution in [3.8, 4) is 0 Å². The average molecular weight is 296 g/mol. The molecule has 0 aliphatic rings. The van der Waals surface area contributed by atoms with Crippen LogP contribution in [0, 0.1) is 13.8 Å². The Balaban J connectivity index is 1.81. The van der Waals surface area contributed by atoms with Crippen LogP contribution in [0.1, 0.15) is 11.1 Å². The number of nitrogens with one attached hydrogen (secondary N) is 4. The van der Waals surface area contributed by atoms with E-state index in [1.54, 1.807) is 6.07 Å². The summed E-state index contributed by atoms with van der Waals surface area (Å²) in [6.07, 6.45) is 0. The fourth-order valence-electron chi connectivity index (χ4n) is 2.33. The van der Waals surface area contributed by atoms with Crippen molar-refractivity contribution in [1.29, 1.82) is 0 Å². The van der Waals surface area contributed by atoms with E-state index in [0.29, 0.717) is 16.7 Å². The Morgan fingerprint density at radius 1 is 1.00 bits per heavy atom. The second-order valence-electron chi connectivity index (χ2n) is 5.24. The van der Waals surface area contributed by atoms with Crippen molar-refractivity contribution < 1.29 is 4.79 Å². The lowest BCUT2D eigenvalue weighted by Gasteiger charge is -2.10. The average Bonchev–Trinajstić information content (AvgIpc) is 2.78. The molecular formula is C16H16N4O2. The number of carbonyl (C=O) groups excluding carboxylic acids is 1. The van der Waals surface area contributed by atoms with E-state index in [2.05, 4.69) is 20.6 Å². The van der Waals surface area contributed by atoms with Crippen molar-refractivity contribution in [2.75, 3.05) is 10.6 Å². The Labute approximate surface area is 126 Å². The lowest BCUT2D eigenvalue weighted by molar-refractivity contribution is 0.262. The number of aromatic nitrogens is 2. The number of aromatic amines is 2. The van der Waals surface area contributed by atoms with Gasteiger partial charge in [0.05, 0.1) is 11.0 Å². The van der Waals surface area contributed by atoms with E-state index in [4.69, 9.17) is 0 Å². The van der Waals surface area contributed by atoms with Crippen LogP contribution in [0.3, 0.4) is 0 Å². The molecule has 2 aromatic carbocycles. The summed E-state index contributed by atoms with van der Waals surface area (Å²) in [5, 5.41) is 5.58. The van der Waals surface area contributed by atoms with E-state index in [1.165, 1.54) is 0 Å². The van der Waals surface area contributed by atoms with Crippen LogP contribution in [0.15, 0.2) is 41.2 Å². The van der Waals surface area contributed by atoms with Gasteiger partial charge in [0.1, 0.15) is 0 Å². The van der Waals surface area contributed by atoms with Crippen LogP contribution in [0.2, 0.25) is 0 Å². The minimum Gasteiger partial charge on any atom is -0.308 e. The molecule has 0 bridgehead atoms. The molecule has 0 unspecified atom stereocenters. The number of anilines is 2. The molecule has 1 heterocycles. The number of benzene rings is 2. The van der Waals surface area contributed by atoms with Gasteiger partial charge in [-0.3, -0.25) is 0 Å².